The second kappa shape index (κ2) is 5.79. The maximum atomic E-state index is 12.1. The Hall–Kier alpha value is -1.95. The van der Waals surface area contributed by atoms with E-state index in [4.69, 9.17) is 5.73 Å². The second-order valence-electron chi connectivity index (χ2n) is 4.77. The van der Waals surface area contributed by atoms with Gasteiger partial charge in [0, 0.05) is 31.5 Å². The third-order valence-electron chi connectivity index (χ3n) is 2.84. The van der Waals surface area contributed by atoms with Crippen molar-refractivity contribution in [1.82, 2.24) is 19.3 Å². The van der Waals surface area contributed by atoms with Gasteiger partial charge >= 0.3 is 0 Å². The van der Waals surface area contributed by atoms with Gasteiger partial charge in [-0.1, -0.05) is 0 Å². The van der Waals surface area contributed by atoms with Gasteiger partial charge in [-0.15, -0.1) is 0 Å². The van der Waals surface area contributed by atoms with Crippen LogP contribution in [0.1, 0.15) is 36.1 Å². The van der Waals surface area contributed by atoms with Crippen molar-refractivity contribution in [3.05, 3.63) is 36.2 Å². The van der Waals surface area contributed by atoms with E-state index >= 15 is 0 Å². The van der Waals surface area contributed by atoms with Crippen LogP contribution in [-0.4, -0.2) is 31.7 Å². The van der Waals surface area contributed by atoms with Gasteiger partial charge < -0.3 is 10.3 Å². The maximum Gasteiger partial charge on any atom is 0.188 e. The van der Waals surface area contributed by atoms with E-state index in [-0.39, 0.29) is 12.2 Å². The van der Waals surface area contributed by atoms with Gasteiger partial charge in [-0.25, -0.2) is 4.98 Å². The molecule has 2 heterocycles. The van der Waals surface area contributed by atoms with Crippen molar-refractivity contribution in [3.8, 4) is 0 Å². The zero-order valence-corrected chi connectivity index (χ0v) is 11.3. The summed E-state index contributed by atoms with van der Waals surface area (Å²) in [5.74, 6) is -0.0234. The predicted molar refractivity (Wildman–Crippen MR) is 71.9 cm³/mol. The Kier molecular flexibility index (Phi) is 4.11. The van der Waals surface area contributed by atoms with E-state index < -0.39 is 0 Å². The first-order valence-corrected chi connectivity index (χ1v) is 6.39. The number of imidazole rings is 1. The van der Waals surface area contributed by atoms with Crippen LogP contribution in [0.5, 0.6) is 0 Å². The van der Waals surface area contributed by atoms with Crippen LogP contribution in [0.25, 0.3) is 0 Å². The summed E-state index contributed by atoms with van der Waals surface area (Å²) in [6.07, 6.45) is 5.53. The lowest BCUT2D eigenvalue weighted by atomic mass is 10.2. The maximum absolute atomic E-state index is 12.1. The molecule has 0 aromatic carbocycles. The molecule has 2 rings (SSSR count). The summed E-state index contributed by atoms with van der Waals surface area (Å²) in [6, 6.07) is 2.17. The highest BCUT2D eigenvalue weighted by atomic mass is 16.1. The molecule has 0 saturated carbocycles. The number of nitrogens with two attached hydrogens (primary N) is 1. The molecule has 0 aliphatic heterocycles. The summed E-state index contributed by atoms with van der Waals surface area (Å²) in [6.45, 7) is 5.30. The molecule has 0 saturated heterocycles. The van der Waals surface area contributed by atoms with Crippen molar-refractivity contribution < 1.29 is 4.79 Å². The van der Waals surface area contributed by atoms with Crippen LogP contribution in [0, 0.1) is 0 Å². The summed E-state index contributed by atoms with van der Waals surface area (Å²) in [5.41, 5.74) is 6.69. The molecule has 0 radical (unpaired) electrons. The van der Waals surface area contributed by atoms with Crippen molar-refractivity contribution >= 4 is 5.78 Å². The molecule has 2 aromatic heterocycles. The van der Waals surface area contributed by atoms with Gasteiger partial charge in [0.05, 0.1) is 18.4 Å². The highest BCUT2D eigenvalue weighted by Crippen LogP contribution is 2.07. The topological polar surface area (TPSA) is 78.7 Å². The zero-order valence-electron chi connectivity index (χ0n) is 11.3. The number of carbonyl (C=O) groups excluding carboxylic acids is 1. The van der Waals surface area contributed by atoms with Gasteiger partial charge in [-0.2, -0.15) is 5.10 Å². The number of aromatic nitrogens is 4. The molecular formula is C13H19N5O. The standard InChI is InChI=1S/C13H19N5O/c1-10(2)18-5-3-11(16-18)7-13(19)12-8-17(6-4-14)9-15-12/h3,5,8-10H,4,6-7,14H2,1-2H3. The predicted octanol–water partition coefficient (Wildman–Crippen LogP) is 1.04. The molecule has 0 fully saturated rings. The number of rotatable bonds is 6. The van der Waals surface area contributed by atoms with Crippen LogP contribution in [-0.2, 0) is 13.0 Å². The first-order valence-electron chi connectivity index (χ1n) is 6.39. The van der Waals surface area contributed by atoms with Gasteiger partial charge in [0.25, 0.3) is 0 Å². The van der Waals surface area contributed by atoms with Gasteiger partial charge in [0.1, 0.15) is 5.69 Å². The molecular weight excluding hydrogens is 242 g/mol. The first-order chi connectivity index (χ1) is 9.10. The monoisotopic (exact) mass is 261 g/mol. The minimum absolute atomic E-state index is 0.0234. The normalized spacial score (nSPS) is 11.2. The number of nitrogens with zero attached hydrogens (tertiary/aromatic N) is 4. The number of Topliss-reactive ketones (excluding diaryl/α,β-unsaturated/α-hetero) is 1. The van der Waals surface area contributed by atoms with Crippen LogP contribution in [0.4, 0.5) is 0 Å². The fraction of sp³-hybridized carbons (Fsp3) is 0.462. The van der Waals surface area contributed by atoms with Crippen LogP contribution >= 0.6 is 0 Å². The van der Waals surface area contributed by atoms with E-state index in [0.717, 1.165) is 5.69 Å². The number of ketones is 1. The van der Waals surface area contributed by atoms with E-state index in [2.05, 4.69) is 10.1 Å². The molecule has 2 N–H and O–H groups in total. The molecule has 0 unspecified atom stereocenters. The Morgan fingerprint density at radius 1 is 1.47 bits per heavy atom. The minimum atomic E-state index is -0.0234. The average Bonchev–Trinajstić information content (AvgIpc) is 2.98. The molecule has 6 heteroatoms. The number of carbonyl (C=O) groups is 1. The largest absolute Gasteiger partial charge is 0.335 e. The van der Waals surface area contributed by atoms with Crippen LogP contribution in [0.3, 0.4) is 0 Å². The number of hydrogen-bond donors (Lipinski definition) is 1. The van der Waals surface area contributed by atoms with E-state index in [1.165, 1.54) is 0 Å². The molecule has 0 amide bonds. The van der Waals surface area contributed by atoms with Gasteiger partial charge in [0.15, 0.2) is 5.78 Å². The Balaban J connectivity index is 2.02. The fourth-order valence-electron chi connectivity index (χ4n) is 1.79. The minimum Gasteiger partial charge on any atom is -0.335 e. The Labute approximate surface area is 112 Å². The molecule has 0 aliphatic rings. The van der Waals surface area contributed by atoms with Gasteiger partial charge in [-0.05, 0) is 19.9 Å². The molecule has 0 spiro atoms. The molecule has 19 heavy (non-hydrogen) atoms. The van der Waals surface area contributed by atoms with Crippen molar-refractivity contribution in [2.75, 3.05) is 6.54 Å². The van der Waals surface area contributed by atoms with Crippen LogP contribution in [0.15, 0.2) is 24.8 Å². The van der Waals surface area contributed by atoms with Crippen LogP contribution < -0.4 is 5.73 Å². The lowest BCUT2D eigenvalue weighted by Gasteiger charge is -2.03. The SMILES string of the molecule is CC(C)n1ccc(CC(=O)c2cn(CCN)cn2)n1. The Bertz CT molecular complexity index is 555. The third-order valence-corrected chi connectivity index (χ3v) is 2.84. The fourth-order valence-corrected chi connectivity index (χ4v) is 1.79. The number of hydrogen-bond acceptors (Lipinski definition) is 4. The Morgan fingerprint density at radius 2 is 2.26 bits per heavy atom. The average molecular weight is 261 g/mol. The molecule has 6 nitrogen and oxygen atoms in total. The van der Waals surface area contributed by atoms with E-state index in [1.54, 1.807) is 12.5 Å². The summed E-state index contributed by atoms with van der Waals surface area (Å²) in [5, 5.41) is 4.36. The van der Waals surface area contributed by atoms with Crippen LogP contribution in [0.2, 0.25) is 0 Å². The third kappa shape index (κ3) is 3.29. The van der Waals surface area contributed by atoms with E-state index in [9.17, 15) is 4.79 Å². The lowest BCUT2D eigenvalue weighted by Crippen LogP contribution is -2.09. The van der Waals surface area contributed by atoms with Crippen molar-refractivity contribution in [3.63, 3.8) is 0 Å². The first kappa shape index (κ1) is 13.5. The van der Waals surface area contributed by atoms with E-state index in [0.29, 0.717) is 24.8 Å². The quantitative estimate of drug-likeness (QED) is 0.788. The van der Waals surface area contributed by atoms with Crippen molar-refractivity contribution in [2.45, 2.75) is 32.9 Å². The molecule has 0 aliphatic carbocycles. The molecule has 0 atom stereocenters. The van der Waals surface area contributed by atoms with Crippen molar-refractivity contribution in [1.29, 1.82) is 0 Å². The summed E-state index contributed by atoms with van der Waals surface area (Å²) >= 11 is 0. The molecule has 0 bridgehead atoms. The second-order valence-corrected chi connectivity index (χ2v) is 4.77. The molecule has 102 valence electrons. The lowest BCUT2D eigenvalue weighted by molar-refractivity contribution is 0.0987. The van der Waals surface area contributed by atoms with E-state index in [1.807, 2.05) is 35.4 Å². The zero-order chi connectivity index (χ0) is 13.8. The van der Waals surface area contributed by atoms with Gasteiger partial charge in [0.2, 0.25) is 0 Å². The highest BCUT2D eigenvalue weighted by molar-refractivity contribution is 5.95. The Morgan fingerprint density at radius 3 is 2.89 bits per heavy atom. The van der Waals surface area contributed by atoms with Gasteiger partial charge in [-0.3, -0.25) is 9.48 Å². The summed E-state index contributed by atoms with van der Waals surface area (Å²) < 4.78 is 3.66. The highest BCUT2D eigenvalue weighted by Gasteiger charge is 2.12. The summed E-state index contributed by atoms with van der Waals surface area (Å²) in [4.78, 5) is 16.2. The molecule has 2 aromatic rings. The van der Waals surface area contributed by atoms with Crippen molar-refractivity contribution in [2.24, 2.45) is 5.73 Å². The summed E-state index contributed by atoms with van der Waals surface area (Å²) in [7, 11) is 0. The smallest absolute Gasteiger partial charge is 0.188 e.